The van der Waals surface area contributed by atoms with Crippen LogP contribution in [0, 0.1) is 5.92 Å². The van der Waals surface area contributed by atoms with Crippen molar-refractivity contribution in [3.05, 3.63) is 66.4 Å². The van der Waals surface area contributed by atoms with Crippen molar-refractivity contribution in [3.63, 3.8) is 0 Å². The molecular weight excluding hydrogens is 448 g/mol. The molecule has 1 aliphatic heterocycles. The Bertz CT molecular complexity index is 1290. The van der Waals surface area contributed by atoms with Gasteiger partial charge in [0.05, 0.1) is 5.52 Å². The van der Waals surface area contributed by atoms with Crippen LogP contribution in [0.25, 0.3) is 10.9 Å². The van der Waals surface area contributed by atoms with Crippen LogP contribution >= 0.6 is 0 Å². The number of nitrogens with zero attached hydrogens (tertiary/aromatic N) is 3. The smallest absolute Gasteiger partial charge is 0.264 e. The summed E-state index contributed by atoms with van der Waals surface area (Å²) in [5.41, 5.74) is 1.39. The van der Waals surface area contributed by atoms with Gasteiger partial charge in [-0.2, -0.15) is 0 Å². The van der Waals surface area contributed by atoms with E-state index in [1.165, 1.54) is 12.8 Å². The molecule has 1 saturated heterocycles. The SMILES string of the molecule is CC1CN(CC2CC2)CC(C)N1C(=O)c1ccc(NS(=O)(=O)c2cccc3cccnc23)cc1. The highest BCUT2D eigenvalue weighted by molar-refractivity contribution is 7.93. The number of para-hydroxylation sites is 1. The molecule has 0 bridgehead atoms. The van der Waals surface area contributed by atoms with Crippen molar-refractivity contribution in [1.29, 1.82) is 0 Å². The molecule has 2 fully saturated rings. The van der Waals surface area contributed by atoms with Gasteiger partial charge in [-0.15, -0.1) is 0 Å². The average molecular weight is 479 g/mol. The quantitative estimate of drug-likeness (QED) is 0.580. The number of rotatable bonds is 6. The normalized spacial score (nSPS) is 21.5. The highest BCUT2D eigenvalue weighted by Gasteiger charge is 2.35. The van der Waals surface area contributed by atoms with Crippen LogP contribution in [0.15, 0.2) is 65.7 Å². The molecule has 2 aromatic carbocycles. The minimum absolute atomic E-state index is 0.0151. The standard InChI is InChI=1S/C26H30N4O3S/c1-18-15-29(17-20-8-9-20)16-19(2)30(18)26(31)22-10-12-23(13-11-22)28-34(32,33)24-7-3-5-21-6-4-14-27-25(21)24/h3-7,10-14,18-20,28H,8-9,15-17H2,1-2H3. The zero-order chi connectivity index (χ0) is 23.9. The van der Waals surface area contributed by atoms with Crippen molar-refractivity contribution in [2.45, 2.75) is 43.7 Å². The second kappa shape index (κ2) is 9.00. The Morgan fingerprint density at radius 1 is 1.00 bits per heavy atom. The summed E-state index contributed by atoms with van der Waals surface area (Å²) < 4.78 is 28.7. The maximum absolute atomic E-state index is 13.3. The number of amides is 1. The van der Waals surface area contributed by atoms with Crippen LogP contribution in [0.1, 0.15) is 37.0 Å². The van der Waals surface area contributed by atoms with E-state index >= 15 is 0 Å². The first-order valence-electron chi connectivity index (χ1n) is 11.8. The maximum Gasteiger partial charge on any atom is 0.264 e. The number of piperazine rings is 1. The van der Waals surface area contributed by atoms with E-state index in [2.05, 4.69) is 28.5 Å². The summed E-state index contributed by atoms with van der Waals surface area (Å²) >= 11 is 0. The molecule has 7 nitrogen and oxygen atoms in total. The van der Waals surface area contributed by atoms with Crippen LogP contribution in [0.3, 0.4) is 0 Å². The van der Waals surface area contributed by atoms with Crippen molar-refractivity contribution >= 4 is 32.5 Å². The fourth-order valence-electron chi connectivity index (χ4n) is 4.98. The number of nitrogens with one attached hydrogen (secondary N) is 1. The van der Waals surface area contributed by atoms with Crippen molar-refractivity contribution < 1.29 is 13.2 Å². The molecule has 1 aliphatic carbocycles. The summed E-state index contributed by atoms with van der Waals surface area (Å²) in [4.78, 5) is 22.1. The number of carbonyl (C=O) groups is 1. The lowest BCUT2D eigenvalue weighted by atomic mass is 10.0. The highest BCUT2D eigenvalue weighted by Crippen LogP contribution is 2.31. The summed E-state index contributed by atoms with van der Waals surface area (Å²) in [7, 11) is -3.84. The number of benzene rings is 2. The van der Waals surface area contributed by atoms with E-state index in [-0.39, 0.29) is 22.9 Å². The maximum atomic E-state index is 13.3. The Hall–Kier alpha value is -2.97. The van der Waals surface area contributed by atoms with E-state index in [0.717, 1.165) is 30.9 Å². The van der Waals surface area contributed by atoms with Crippen LogP contribution in [0.4, 0.5) is 5.69 Å². The average Bonchev–Trinajstić information content (AvgIpc) is 3.62. The van der Waals surface area contributed by atoms with Gasteiger partial charge in [-0.25, -0.2) is 8.42 Å². The number of aromatic nitrogens is 1. The second-order valence-corrected chi connectivity index (χ2v) is 11.2. The Balaban J connectivity index is 1.30. The molecule has 2 aliphatic rings. The number of hydrogen-bond donors (Lipinski definition) is 1. The molecule has 1 saturated carbocycles. The lowest BCUT2D eigenvalue weighted by molar-refractivity contribution is 0.0278. The molecule has 3 aromatic rings. The lowest BCUT2D eigenvalue weighted by Gasteiger charge is -2.44. The molecule has 1 N–H and O–H groups in total. The van der Waals surface area contributed by atoms with E-state index in [9.17, 15) is 13.2 Å². The molecule has 178 valence electrons. The number of carbonyl (C=O) groups excluding carboxylic acids is 1. The Kier molecular flexibility index (Phi) is 6.04. The molecule has 0 radical (unpaired) electrons. The van der Waals surface area contributed by atoms with Crippen LogP contribution in [-0.2, 0) is 10.0 Å². The van der Waals surface area contributed by atoms with Crippen LogP contribution in [-0.4, -0.2) is 60.8 Å². The Morgan fingerprint density at radius 3 is 2.35 bits per heavy atom. The van der Waals surface area contributed by atoms with Crippen LogP contribution in [0.2, 0.25) is 0 Å². The molecule has 2 heterocycles. The van der Waals surface area contributed by atoms with Gasteiger partial charge in [0.2, 0.25) is 0 Å². The summed E-state index contributed by atoms with van der Waals surface area (Å²) in [5, 5.41) is 0.756. The summed E-state index contributed by atoms with van der Waals surface area (Å²) in [5.74, 6) is 0.821. The molecule has 34 heavy (non-hydrogen) atoms. The van der Waals surface area contributed by atoms with Gasteiger partial charge in [0.25, 0.3) is 15.9 Å². The van der Waals surface area contributed by atoms with Gasteiger partial charge in [-0.05, 0) is 69.0 Å². The van der Waals surface area contributed by atoms with Gasteiger partial charge in [-0.1, -0.05) is 18.2 Å². The third-order valence-electron chi connectivity index (χ3n) is 6.71. The molecular formula is C26H30N4O3S. The summed E-state index contributed by atoms with van der Waals surface area (Å²) in [6, 6.07) is 15.6. The fraction of sp³-hybridized carbons (Fsp3) is 0.385. The number of hydrogen-bond acceptors (Lipinski definition) is 5. The van der Waals surface area contributed by atoms with E-state index in [4.69, 9.17) is 0 Å². The third-order valence-corrected chi connectivity index (χ3v) is 8.12. The van der Waals surface area contributed by atoms with Crippen LogP contribution in [0.5, 0.6) is 0 Å². The second-order valence-electron chi connectivity index (χ2n) is 9.59. The van der Waals surface area contributed by atoms with E-state index in [1.807, 2.05) is 17.0 Å². The van der Waals surface area contributed by atoms with Gasteiger partial charge in [0.1, 0.15) is 4.90 Å². The Labute approximate surface area is 200 Å². The van der Waals surface area contributed by atoms with Crippen molar-refractivity contribution in [2.75, 3.05) is 24.4 Å². The summed E-state index contributed by atoms with van der Waals surface area (Å²) in [6.45, 7) is 7.13. The molecule has 0 spiro atoms. The molecule has 5 rings (SSSR count). The molecule has 1 amide bonds. The van der Waals surface area contributed by atoms with Gasteiger partial charge in [-0.3, -0.25) is 19.4 Å². The first kappa shape index (κ1) is 22.8. The zero-order valence-electron chi connectivity index (χ0n) is 19.5. The zero-order valence-corrected chi connectivity index (χ0v) is 20.3. The van der Waals surface area contributed by atoms with Gasteiger partial charge >= 0.3 is 0 Å². The van der Waals surface area contributed by atoms with E-state index < -0.39 is 10.0 Å². The van der Waals surface area contributed by atoms with Crippen molar-refractivity contribution in [2.24, 2.45) is 5.92 Å². The first-order chi connectivity index (χ1) is 16.3. The predicted octanol–water partition coefficient (Wildman–Crippen LogP) is 3.98. The third kappa shape index (κ3) is 4.65. The largest absolute Gasteiger partial charge is 0.331 e. The molecule has 1 aromatic heterocycles. The monoisotopic (exact) mass is 478 g/mol. The number of anilines is 1. The first-order valence-corrected chi connectivity index (χ1v) is 13.3. The molecule has 2 atom stereocenters. The fourth-order valence-corrected chi connectivity index (χ4v) is 6.22. The number of pyridine rings is 1. The minimum Gasteiger partial charge on any atom is -0.331 e. The van der Waals surface area contributed by atoms with Crippen molar-refractivity contribution in [1.82, 2.24) is 14.8 Å². The van der Waals surface area contributed by atoms with E-state index in [0.29, 0.717) is 16.8 Å². The molecule has 2 unspecified atom stereocenters. The highest BCUT2D eigenvalue weighted by atomic mass is 32.2. The predicted molar refractivity (Wildman–Crippen MR) is 133 cm³/mol. The van der Waals surface area contributed by atoms with E-state index in [1.54, 1.807) is 48.7 Å². The minimum atomic E-state index is -3.84. The van der Waals surface area contributed by atoms with Crippen LogP contribution < -0.4 is 4.72 Å². The van der Waals surface area contributed by atoms with Gasteiger partial charge in [0.15, 0.2) is 0 Å². The summed E-state index contributed by atoms with van der Waals surface area (Å²) in [6.07, 6.45) is 4.24. The van der Waals surface area contributed by atoms with Crippen molar-refractivity contribution in [3.8, 4) is 0 Å². The number of fused-ring (bicyclic) bond motifs is 1. The Morgan fingerprint density at radius 2 is 1.68 bits per heavy atom. The topological polar surface area (TPSA) is 82.6 Å². The molecule has 8 heteroatoms. The lowest BCUT2D eigenvalue weighted by Crippen LogP contribution is -2.58. The van der Waals surface area contributed by atoms with Gasteiger partial charge in [0, 0.05) is 54.6 Å². The number of sulfonamides is 1. The van der Waals surface area contributed by atoms with Gasteiger partial charge < -0.3 is 4.90 Å².